The molecule has 1 aliphatic heterocycles. The van der Waals surface area contributed by atoms with Crippen LogP contribution in [0.15, 0.2) is 40.2 Å². The van der Waals surface area contributed by atoms with E-state index in [4.69, 9.17) is 0 Å². The highest BCUT2D eigenvalue weighted by Crippen LogP contribution is 2.24. The van der Waals surface area contributed by atoms with Crippen molar-refractivity contribution >= 4 is 50.7 Å². The van der Waals surface area contributed by atoms with Crippen LogP contribution in [0.1, 0.15) is 28.1 Å². The molecule has 1 aliphatic rings. The molecule has 1 saturated heterocycles. The van der Waals surface area contributed by atoms with Crippen molar-refractivity contribution in [2.75, 3.05) is 25.5 Å². The van der Waals surface area contributed by atoms with E-state index >= 15 is 0 Å². The average molecular weight is 464 g/mol. The number of aryl methyl sites for hydroxylation is 1. The monoisotopic (exact) mass is 463 g/mol. The molecule has 2 heterocycles. The number of rotatable bonds is 5. The fourth-order valence-corrected chi connectivity index (χ4v) is 4.47. The van der Waals surface area contributed by atoms with Gasteiger partial charge in [-0.05, 0) is 55.0 Å². The number of likely N-dealkylation sites (tertiary alicyclic amines) is 1. The summed E-state index contributed by atoms with van der Waals surface area (Å²) in [5, 5.41) is 4.69. The van der Waals surface area contributed by atoms with Gasteiger partial charge < -0.3 is 15.1 Å². The second-order valence-corrected chi connectivity index (χ2v) is 8.70. The van der Waals surface area contributed by atoms with Crippen LogP contribution in [0.5, 0.6) is 0 Å². The summed E-state index contributed by atoms with van der Waals surface area (Å²) in [5.41, 5.74) is 1.64. The molecule has 1 atom stereocenters. The minimum Gasteiger partial charge on any atom is -0.335 e. The van der Waals surface area contributed by atoms with Crippen LogP contribution in [0.25, 0.3) is 0 Å². The van der Waals surface area contributed by atoms with Crippen molar-refractivity contribution in [1.82, 2.24) is 9.80 Å². The van der Waals surface area contributed by atoms with Crippen molar-refractivity contribution in [1.29, 1.82) is 0 Å². The fraction of sp³-hybridized carbons (Fsp3) is 0.350. The van der Waals surface area contributed by atoms with Gasteiger partial charge in [-0.1, -0.05) is 22.0 Å². The van der Waals surface area contributed by atoms with Gasteiger partial charge in [-0.25, -0.2) is 0 Å². The molecule has 6 nitrogen and oxygen atoms in total. The second kappa shape index (κ2) is 8.87. The maximum absolute atomic E-state index is 12.9. The Hall–Kier alpha value is -2.19. The lowest BCUT2D eigenvalue weighted by molar-refractivity contribution is -0.136. The molecule has 3 rings (SSSR count). The number of likely N-dealkylation sites (N-methyl/N-ethyl adjacent to an activating group) is 1. The lowest BCUT2D eigenvalue weighted by Crippen LogP contribution is -2.48. The third-order valence-electron chi connectivity index (χ3n) is 4.75. The molecule has 0 aliphatic carbocycles. The van der Waals surface area contributed by atoms with E-state index in [0.29, 0.717) is 23.5 Å². The highest BCUT2D eigenvalue weighted by Gasteiger charge is 2.36. The molecule has 3 amide bonds. The first-order valence-corrected chi connectivity index (χ1v) is 10.7. The van der Waals surface area contributed by atoms with Gasteiger partial charge in [-0.2, -0.15) is 0 Å². The summed E-state index contributed by atoms with van der Waals surface area (Å²) >= 11 is 4.76. The number of nitrogens with one attached hydrogen (secondary N) is 1. The Morgan fingerprint density at radius 1 is 1.32 bits per heavy atom. The molecule has 0 radical (unpaired) electrons. The number of thiophene rings is 1. The number of carbonyl (C=O) groups is 3. The molecule has 1 fully saturated rings. The number of halogens is 1. The van der Waals surface area contributed by atoms with Gasteiger partial charge in [0.2, 0.25) is 11.8 Å². The normalized spacial score (nSPS) is 16.1. The largest absolute Gasteiger partial charge is 0.335 e. The molecule has 1 aromatic carbocycles. The number of anilines is 1. The lowest BCUT2D eigenvalue weighted by atomic mass is 10.2. The van der Waals surface area contributed by atoms with Gasteiger partial charge in [0.15, 0.2) is 0 Å². The second-order valence-electron chi connectivity index (χ2n) is 6.84. The SMILES string of the molecule is Cc1cc(Br)ccc1NC(=O)CN(C)C(=O)C1CCCN1C(=O)c1cccs1. The van der Waals surface area contributed by atoms with Crippen molar-refractivity contribution in [2.24, 2.45) is 0 Å². The molecule has 1 N–H and O–H groups in total. The Morgan fingerprint density at radius 3 is 2.79 bits per heavy atom. The van der Waals surface area contributed by atoms with E-state index in [0.717, 1.165) is 16.5 Å². The van der Waals surface area contributed by atoms with E-state index in [9.17, 15) is 14.4 Å². The topological polar surface area (TPSA) is 69.7 Å². The summed E-state index contributed by atoms with van der Waals surface area (Å²) in [6.07, 6.45) is 1.40. The summed E-state index contributed by atoms with van der Waals surface area (Å²) in [4.78, 5) is 41.6. The Labute approximate surface area is 176 Å². The maximum atomic E-state index is 12.9. The van der Waals surface area contributed by atoms with E-state index in [1.807, 2.05) is 36.6 Å². The number of hydrogen-bond donors (Lipinski definition) is 1. The van der Waals surface area contributed by atoms with Crippen molar-refractivity contribution in [2.45, 2.75) is 25.8 Å². The molecule has 1 aromatic heterocycles. The molecular weight excluding hydrogens is 442 g/mol. The Balaban J connectivity index is 1.61. The summed E-state index contributed by atoms with van der Waals surface area (Å²) in [6.45, 7) is 2.40. The van der Waals surface area contributed by atoms with Crippen LogP contribution in [-0.2, 0) is 9.59 Å². The molecule has 0 bridgehead atoms. The van der Waals surface area contributed by atoms with E-state index in [1.165, 1.54) is 16.2 Å². The predicted octanol–water partition coefficient (Wildman–Crippen LogP) is 3.52. The van der Waals surface area contributed by atoms with Gasteiger partial charge >= 0.3 is 0 Å². The third-order valence-corrected chi connectivity index (χ3v) is 6.10. The first kappa shape index (κ1) is 20.5. The summed E-state index contributed by atoms with van der Waals surface area (Å²) in [5.74, 6) is -0.588. The van der Waals surface area contributed by atoms with Gasteiger partial charge in [-0.15, -0.1) is 11.3 Å². The summed E-state index contributed by atoms with van der Waals surface area (Å²) in [6, 6.07) is 8.66. The first-order chi connectivity index (χ1) is 13.4. The summed E-state index contributed by atoms with van der Waals surface area (Å²) < 4.78 is 0.937. The van der Waals surface area contributed by atoms with Crippen LogP contribution in [-0.4, -0.2) is 53.7 Å². The molecule has 0 saturated carbocycles. The number of amides is 3. The molecule has 1 unspecified atom stereocenters. The van der Waals surface area contributed by atoms with Gasteiger partial charge in [0, 0.05) is 23.8 Å². The maximum Gasteiger partial charge on any atom is 0.264 e. The standard InChI is InChI=1S/C20H22BrN3O3S/c1-13-11-14(21)7-8-15(13)22-18(25)12-23(2)19(26)16-5-3-9-24(16)20(27)17-6-4-10-28-17/h4,6-8,10-11,16H,3,5,9,12H2,1-2H3,(H,22,25). The molecule has 148 valence electrons. The molecule has 0 spiro atoms. The number of benzene rings is 1. The van der Waals surface area contributed by atoms with Crippen molar-refractivity contribution in [3.05, 3.63) is 50.6 Å². The van der Waals surface area contributed by atoms with Crippen LogP contribution in [0.3, 0.4) is 0 Å². The van der Waals surface area contributed by atoms with Crippen LogP contribution < -0.4 is 5.32 Å². The van der Waals surface area contributed by atoms with E-state index in [1.54, 1.807) is 18.0 Å². The molecule has 2 aromatic rings. The first-order valence-electron chi connectivity index (χ1n) is 9.02. The van der Waals surface area contributed by atoms with Crippen LogP contribution in [0.2, 0.25) is 0 Å². The lowest BCUT2D eigenvalue weighted by Gasteiger charge is -2.27. The molecule has 8 heteroatoms. The highest BCUT2D eigenvalue weighted by molar-refractivity contribution is 9.10. The van der Waals surface area contributed by atoms with Crippen LogP contribution in [0.4, 0.5) is 5.69 Å². The molecular formula is C20H22BrN3O3S. The van der Waals surface area contributed by atoms with Crippen molar-refractivity contribution in [3.63, 3.8) is 0 Å². The Morgan fingerprint density at radius 2 is 2.11 bits per heavy atom. The quantitative estimate of drug-likeness (QED) is 0.737. The number of carbonyl (C=O) groups excluding carboxylic acids is 3. The predicted molar refractivity (Wildman–Crippen MR) is 114 cm³/mol. The minimum atomic E-state index is -0.512. The Kier molecular flexibility index (Phi) is 6.51. The number of nitrogens with zero attached hydrogens (tertiary/aromatic N) is 2. The van der Waals surface area contributed by atoms with Gasteiger partial charge in [0.25, 0.3) is 5.91 Å². The number of hydrogen-bond acceptors (Lipinski definition) is 4. The van der Waals surface area contributed by atoms with Crippen LogP contribution in [0, 0.1) is 6.92 Å². The van der Waals surface area contributed by atoms with E-state index in [2.05, 4.69) is 21.2 Å². The van der Waals surface area contributed by atoms with Gasteiger partial charge in [-0.3, -0.25) is 14.4 Å². The van der Waals surface area contributed by atoms with Gasteiger partial charge in [0.1, 0.15) is 6.04 Å². The Bertz CT molecular complexity index is 885. The van der Waals surface area contributed by atoms with Gasteiger partial charge in [0.05, 0.1) is 11.4 Å². The zero-order valence-corrected chi connectivity index (χ0v) is 18.2. The third kappa shape index (κ3) is 4.62. The van der Waals surface area contributed by atoms with Crippen molar-refractivity contribution in [3.8, 4) is 0 Å². The van der Waals surface area contributed by atoms with Crippen LogP contribution >= 0.6 is 27.3 Å². The summed E-state index contributed by atoms with van der Waals surface area (Å²) in [7, 11) is 1.60. The van der Waals surface area contributed by atoms with E-state index < -0.39 is 6.04 Å². The fourth-order valence-electron chi connectivity index (χ4n) is 3.31. The zero-order valence-electron chi connectivity index (χ0n) is 15.8. The van der Waals surface area contributed by atoms with E-state index in [-0.39, 0.29) is 24.3 Å². The minimum absolute atomic E-state index is 0.0636. The zero-order chi connectivity index (χ0) is 20.3. The average Bonchev–Trinajstić information content (AvgIpc) is 3.34. The van der Waals surface area contributed by atoms with Crippen molar-refractivity contribution < 1.29 is 14.4 Å². The highest BCUT2D eigenvalue weighted by atomic mass is 79.9. The smallest absolute Gasteiger partial charge is 0.264 e. The molecule has 28 heavy (non-hydrogen) atoms.